The lowest BCUT2D eigenvalue weighted by atomic mass is 9.64. The summed E-state index contributed by atoms with van der Waals surface area (Å²) in [5, 5.41) is 5.47. The Morgan fingerprint density at radius 2 is 1.92 bits per heavy atom. The van der Waals surface area contributed by atoms with Crippen molar-refractivity contribution < 1.29 is 14.0 Å². The van der Waals surface area contributed by atoms with E-state index in [1.807, 2.05) is 30.3 Å². The molecule has 25 heavy (non-hydrogen) atoms. The zero-order valence-electron chi connectivity index (χ0n) is 13.8. The van der Waals surface area contributed by atoms with Gasteiger partial charge < -0.3 is 10.6 Å². The van der Waals surface area contributed by atoms with Crippen molar-refractivity contribution >= 4 is 17.5 Å². The van der Waals surface area contributed by atoms with Crippen molar-refractivity contribution in [1.29, 1.82) is 0 Å². The molecule has 1 fully saturated rings. The van der Waals surface area contributed by atoms with Crippen LogP contribution in [-0.4, -0.2) is 18.4 Å². The van der Waals surface area contributed by atoms with E-state index >= 15 is 0 Å². The summed E-state index contributed by atoms with van der Waals surface area (Å²) >= 11 is 0. The molecule has 1 heterocycles. The van der Waals surface area contributed by atoms with Crippen molar-refractivity contribution in [1.82, 2.24) is 5.32 Å². The van der Waals surface area contributed by atoms with Crippen LogP contribution in [0.4, 0.5) is 10.1 Å². The third-order valence-electron chi connectivity index (χ3n) is 5.33. The van der Waals surface area contributed by atoms with Crippen LogP contribution in [0.5, 0.6) is 0 Å². The first-order chi connectivity index (χ1) is 12.1. The number of fused-ring (bicyclic) bond motifs is 1. The van der Waals surface area contributed by atoms with Crippen LogP contribution in [-0.2, 0) is 16.6 Å². The van der Waals surface area contributed by atoms with Crippen molar-refractivity contribution in [2.75, 3.05) is 11.9 Å². The van der Waals surface area contributed by atoms with E-state index < -0.39 is 11.2 Å². The fourth-order valence-corrected chi connectivity index (χ4v) is 3.71. The first-order valence-corrected chi connectivity index (χ1v) is 8.58. The first kappa shape index (κ1) is 15.8. The molecule has 0 aromatic heterocycles. The van der Waals surface area contributed by atoms with E-state index in [4.69, 9.17) is 0 Å². The molecular formula is C20H19FN2O2. The highest BCUT2D eigenvalue weighted by Crippen LogP contribution is 2.44. The number of hydrogen-bond acceptors (Lipinski definition) is 2. The molecule has 2 aromatic rings. The lowest BCUT2D eigenvalue weighted by molar-refractivity contribution is -0.124. The number of carbonyl (C=O) groups is 2. The second kappa shape index (κ2) is 5.99. The fourth-order valence-electron chi connectivity index (χ4n) is 3.71. The molecule has 0 radical (unpaired) electrons. The smallest absolute Gasteiger partial charge is 0.251 e. The topological polar surface area (TPSA) is 58.2 Å². The predicted octanol–water partition coefficient (Wildman–Crippen LogP) is 3.17. The maximum Gasteiger partial charge on any atom is 0.251 e. The van der Waals surface area contributed by atoms with Crippen LogP contribution in [0.25, 0.3) is 0 Å². The van der Waals surface area contributed by atoms with Gasteiger partial charge in [0.2, 0.25) is 5.91 Å². The lowest BCUT2D eigenvalue weighted by Gasteiger charge is -2.40. The summed E-state index contributed by atoms with van der Waals surface area (Å²) in [6.45, 7) is 0.508. The van der Waals surface area contributed by atoms with E-state index in [0.717, 1.165) is 24.8 Å². The molecule has 0 unspecified atom stereocenters. The Morgan fingerprint density at radius 1 is 1.16 bits per heavy atom. The third kappa shape index (κ3) is 2.60. The second-order valence-electron chi connectivity index (χ2n) is 6.75. The van der Waals surface area contributed by atoms with Gasteiger partial charge >= 0.3 is 0 Å². The summed E-state index contributed by atoms with van der Waals surface area (Å²) in [5.74, 6) is -0.928. The van der Waals surface area contributed by atoms with Gasteiger partial charge in [-0.25, -0.2) is 4.39 Å². The number of carbonyl (C=O) groups excluding carboxylic acids is 2. The van der Waals surface area contributed by atoms with Crippen molar-refractivity contribution in [2.24, 2.45) is 0 Å². The highest BCUT2D eigenvalue weighted by atomic mass is 19.1. The number of benzene rings is 2. The Bertz CT molecular complexity index is 844. The Hall–Kier alpha value is -2.69. The molecule has 5 heteroatoms. The summed E-state index contributed by atoms with van der Waals surface area (Å²) in [6.07, 6.45) is 3.06. The van der Waals surface area contributed by atoms with E-state index in [1.54, 1.807) is 0 Å². The Balaban J connectivity index is 1.65. The molecule has 0 spiro atoms. The van der Waals surface area contributed by atoms with E-state index in [1.165, 1.54) is 12.1 Å². The van der Waals surface area contributed by atoms with E-state index in [-0.39, 0.29) is 17.5 Å². The van der Waals surface area contributed by atoms with Crippen LogP contribution in [0.2, 0.25) is 0 Å². The van der Waals surface area contributed by atoms with Crippen LogP contribution in [0, 0.1) is 5.82 Å². The van der Waals surface area contributed by atoms with E-state index in [0.29, 0.717) is 24.1 Å². The van der Waals surface area contributed by atoms with Crippen molar-refractivity contribution in [3.05, 3.63) is 65.0 Å². The van der Waals surface area contributed by atoms with Crippen molar-refractivity contribution in [3.63, 3.8) is 0 Å². The highest BCUT2D eigenvalue weighted by molar-refractivity contribution is 6.02. The SMILES string of the molecule is O=C1NCCc2cc(F)c(NC(=O)C3(c4ccccc4)CCC3)cc21. The number of anilines is 1. The van der Waals surface area contributed by atoms with Gasteiger partial charge in [0, 0.05) is 12.1 Å². The molecule has 4 nitrogen and oxygen atoms in total. The van der Waals surface area contributed by atoms with Crippen LogP contribution < -0.4 is 10.6 Å². The highest BCUT2D eigenvalue weighted by Gasteiger charge is 2.45. The molecule has 128 valence electrons. The molecular weight excluding hydrogens is 319 g/mol. The second-order valence-corrected chi connectivity index (χ2v) is 6.75. The molecule has 0 atom stereocenters. The molecule has 4 rings (SSSR count). The summed E-state index contributed by atoms with van der Waals surface area (Å²) in [4.78, 5) is 24.9. The zero-order valence-corrected chi connectivity index (χ0v) is 13.8. The minimum atomic E-state index is -0.605. The lowest BCUT2D eigenvalue weighted by Crippen LogP contribution is -2.46. The molecule has 1 aliphatic heterocycles. The molecule has 1 saturated carbocycles. The third-order valence-corrected chi connectivity index (χ3v) is 5.33. The van der Waals surface area contributed by atoms with Gasteiger partial charge in [0.25, 0.3) is 5.91 Å². The Kier molecular flexibility index (Phi) is 3.79. The first-order valence-electron chi connectivity index (χ1n) is 8.58. The number of amides is 2. The number of rotatable bonds is 3. The van der Waals surface area contributed by atoms with Crippen LogP contribution in [0.3, 0.4) is 0 Å². The average Bonchev–Trinajstić information content (AvgIpc) is 2.56. The van der Waals surface area contributed by atoms with Gasteiger partial charge in [0.15, 0.2) is 0 Å². The van der Waals surface area contributed by atoms with Crippen LogP contribution in [0.15, 0.2) is 42.5 Å². The minimum Gasteiger partial charge on any atom is -0.352 e. The number of nitrogens with one attached hydrogen (secondary N) is 2. The number of halogens is 1. The van der Waals surface area contributed by atoms with Gasteiger partial charge in [-0.15, -0.1) is 0 Å². The monoisotopic (exact) mass is 338 g/mol. The van der Waals surface area contributed by atoms with Gasteiger partial charge in [-0.2, -0.15) is 0 Å². The van der Waals surface area contributed by atoms with Gasteiger partial charge in [0.05, 0.1) is 11.1 Å². The summed E-state index contributed by atoms with van der Waals surface area (Å²) in [7, 11) is 0. The maximum absolute atomic E-state index is 14.4. The zero-order chi connectivity index (χ0) is 17.4. The standard InChI is InChI=1S/C20H19FN2O2/c21-16-11-13-7-10-22-18(24)15(13)12-17(16)23-19(25)20(8-4-9-20)14-5-2-1-3-6-14/h1-3,5-6,11-12H,4,7-10H2,(H,22,24)(H,23,25). The number of hydrogen-bond donors (Lipinski definition) is 2. The Morgan fingerprint density at radius 3 is 2.60 bits per heavy atom. The molecule has 0 bridgehead atoms. The predicted molar refractivity (Wildman–Crippen MR) is 93.0 cm³/mol. The van der Waals surface area contributed by atoms with Crippen molar-refractivity contribution in [3.8, 4) is 0 Å². The van der Waals surface area contributed by atoms with Gasteiger partial charge in [-0.3, -0.25) is 9.59 Å². The molecule has 2 amide bonds. The van der Waals surface area contributed by atoms with Crippen molar-refractivity contribution in [2.45, 2.75) is 31.1 Å². The largest absolute Gasteiger partial charge is 0.352 e. The van der Waals surface area contributed by atoms with Gasteiger partial charge in [-0.1, -0.05) is 36.8 Å². The van der Waals surface area contributed by atoms with Crippen LogP contribution in [0.1, 0.15) is 40.7 Å². The van der Waals surface area contributed by atoms with Crippen LogP contribution >= 0.6 is 0 Å². The quantitative estimate of drug-likeness (QED) is 0.903. The van der Waals surface area contributed by atoms with Gasteiger partial charge in [-0.05, 0) is 42.5 Å². The maximum atomic E-state index is 14.4. The summed E-state index contributed by atoms with van der Waals surface area (Å²) < 4.78 is 14.4. The molecule has 1 aliphatic carbocycles. The normalized spacial score (nSPS) is 17.9. The molecule has 2 aliphatic rings. The summed E-state index contributed by atoms with van der Waals surface area (Å²) in [5.41, 5.74) is 1.54. The van der Waals surface area contributed by atoms with E-state index in [9.17, 15) is 14.0 Å². The fraction of sp³-hybridized carbons (Fsp3) is 0.300. The van der Waals surface area contributed by atoms with Gasteiger partial charge in [0.1, 0.15) is 5.82 Å². The average molecular weight is 338 g/mol. The van der Waals surface area contributed by atoms with E-state index in [2.05, 4.69) is 10.6 Å². The summed E-state index contributed by atoms with van der Waals surface area (Å²) in [6, 6.07) is 12.4. The Labute approximate surface area is 145 Å². The molecule has 2 N–H and O–H groups in total. The minimum absolute atomic E-state index is 0.0722. The molecule has 0 saturated heterocycles. The molecule has 2 aromatic carbocycles.